The van der Waals surface area contributed by atoms with E-state index in [1.165, 1.54) is 23.0 Å². The molecule has 1 fully saturated rings. The molecule has 1 aromatic heterocycles. The Morgan fingerprint density at radius 1 is 1.08 bits per heavy atom. The minimum atomic E-state index is -0.152. The fraction of sp³-hybridized carbons (Fsp3) is 0.316. The van der Waals surface area contributed by atoms with Gasteiger partial charge in [0, 0.05) is 39.8 Å². The van der Waals surface area contributed by atoms with Gasteiger partial charge in [-0.05, 0) is 29.8 Å². The number of aromatic nitrogens is 1. The molecule has 4 rings (SSSR count). The van der Waals surface area contributed by atoms with Crippen molar-refractivity contribution >= 4 is 27.2 Å². The lowest BCUT2D eigenvalue weighted by Crippen LogP contribution is -2.46. The van der Waals surface area contributed by atoms with Crippen LogP contribution in [0, 0.1) is 5.82 Å². The Bertz CT molecular complexity index is 957. The highest BCUT2D eigenvalue weighted by Crippen LogP contribution is 2.22. The maximum Gasteiger partial charge on any atom is 0.307 e. The number of hydrogen-bond donors (Lipinski definition) is 0. The van der Waals surface area contributed by atoms with Crippen molar-refractivity contribution in [2.24, 2.45) is 7.05 Å². The molecule has 1 aliphatic heterocycles. The Balaban J connectivity index is 1.43. The lowest BCUT2D eigenvalue weighted by molar-refractivity contribution is 0.249. The Morgan fingerprint density at radius 2 is 1.84 bits per heavy atom. The highest BCUT2D eigenvalue weighted by molar-refractivity contribution is 7.16. The number of piperazine rings is 1. The highest BCUT2D eigenvalue weighted by atomic mass is 32.1. The van der Waals surface area contributed by atoms with Gasteiger partial charge in [-0.2, -0.15) is 0 Å². The summed E-state index contributed by atoms with van der Waals surface area (Å²) in [5.74, 6) is -0.152. The van der Waals surface area contributed by atoms with Crippen LogP contribution in [0.4, 0.5) is 10.1 Å². The van der Waals surface area contributed by atoms with Gasteiger partial charge in [0.2, 0.25) is 0 Å². The fourth-order valence-electron chi connectivity index (χ4n) is 3.39. The maximum atomic E-state index is 13.9. The number of halogens is 1. The number of anilines is 1. The zero-order valence-corrected chi connectivity index (χ0v) is 14.9. The van der Waals surface area contributed by atoms with Crippen molar-refractivity contribution in [1.29, 1.82) is 0 Å². The molecule has 130 valence electrons. The van der Waals surface area contributed by atoms with Crippen molar-refractivity contribution in [3.05, 3.63) is 63.5 Å². The third-order valence-electron chi connectivity index (χ3n) is 4.83. The van der Waals surface area contributed by atoms with Crippen LogP contribution < -0.4 is 9.77 Å². The summed E-state index contributed by atoms with van der Waals surface area (Å²) in [5.41, 5.74) is 2.90. The molecule has 1 aliphatic rings. The standard InChI is InChI=1S/C19H20FN3OS/c1-21-17-7-6-14(12-18(17)25-19(21)24)13-22-8-10-23(11-9-22)16-5-3-2-4-15(16)20/h2-7,12H,8-11,13H2,1H3. The molecular formula is C19H20FN3OS. The quantitative estimate of drug-likeness (QED) is 0.721. The van der Waals surface area contributed by atoms with Crippen LogP contribution in [0.2, 0.25) is 0 Å². The Kier molecular flexibility index (Phi) is 4.31. The van der Waals surface area contributed by atoms with Crippen molar-refractivity contribution in [3.8, 4) is 0 Å². The van der Waals surface area contributed by atoms with Crippen LogP contribution in [0.25, 0.3) is 10.2 Å². The lowest BCUT2D eigenvalue weighted by atomic mass is 10.1. The van der Waals surface area contributed by atoms with Gasteiger partial charge in [-0.3, -0.25) is 9.69 Å². The average Bonchev–Trinajstić information content (AvgIpc) is 2.90. The van der Waals surface area contributed by atoms with Crippen LogP contribution in [0.3, 0.4) is 0 Å². The smallest absolute Gasteiger partial charge is 0.307 e. The summed E-state index contributed by atoms with van der Waals surface area (Å²) in [6, 6.07) is 13.2. The Hall–Kier alpha value is -2.18. The average molecular weight is 357 g/mol. The van der Waals surface area contributed by atoms with Crippen molar-refractivity contribution in [3.63, 3.8) is 0 Å². The zero-order chi connectivity index (χ0) is 17.4. The molecule has 0 N–H and O–H groups in total. The van der Waals surface area contributed by atoms with Crippen LogP contribution in [0.1, 0.15) is 5.56 Å². The number of para-hydroxylation sites is 1. The second-order valence-electron chi connectivity index (χ2n) is 6.44. The predicted octanol–water partition coefficient (Wildman–Crippen LogP) is 3.06. The van der Waals surface area contributed by atoms with Crippen molar-refractivity contribution in [2.75, 3.05) is 31.1 Å². The van der Waals surface area contributed by atoms with E-state index >= 15 is 0 Å². The summed E-state index contributed by atoms with van der Waals surface area (Å²) in [5, 5.41) is 0. The van der Waals surface area contributed by atoms with Gasteiger partial charge in [0.15, 0.2) is 0 Å². The van der Waals surface area contributed by atoms with Gasteiger partial charge in [0.1, 0.15) is 5.82 Å². The Labute approximate surface area is 149 Å². The van der Waals surface area contributed by atoms with E-state index in [-0.39, 0.29) is 10.7 Å². The summed E-state index contributed by atoms with van der Waals surface area (Å²) in [4.78, 5) is 16.3. The molecule has 0 atom stereocenters. The molecule has 25 heavy (non-hydrogen) atoms. The minimum absolute atomic E-state index is 0.0747. The molecule has 2 heterocycles. The van der Waals surface area contributed by atoms with Crippen LogP contribution in [-0.2, 0) is 13.6 Å². The fourth-order valence-corrected chi connectivity index (χ4v) is 4.33. The number of thiazole rings is 1. The molecule has 0 saturated carbocycles. The SMILES string of the molecule is Cn1c(=O)sc2cc(CN3CCN(c4ccccc4F)CC3)ccc21. The second kappa shape index (κ2) is 6.61. The predicted molar refractivity (Wildman–Crippen MR) is 101 cm³/mol. The van der Waals surface area contributed by atoms with Gasteiger partial charge in [-0.25, -0.2) is 4.39 Å². The van der Waals surface area contributed by atoms with E-state index in [4.69, 9.17) is 0 Å². The summed E-state index contributed by atoms with van der Waals surface area (Å²) >= 11 is 1.29. The van der Waals surface area contributed by atoms with Gasteiger partial charge in [0.25, 0.3) is 0 Å². The van der Waals surface area contributed by atoms with E-state index in [1.807, 2.05) is 25.2 Å². The third kappa shape index (κ3) is 3.19. The number of aryl methyl sites for hydroxylation is 1. The molecular weight excluding hydrogens is 337 g/mol. The van der Waals surface area contributed by atoms with Gasteiger partial charge < -0.3 is 9.47 Å². The second-order valence-corrected chi connectivity index (χ2v) is 7.44. The molecule has 2 aromatic carbocycles. The van der Waals surface area contributed by atoms with Crippen molar-refractivity contribution in [1.82, 2.24) is 9.47 Å². The number of hydrogen-bond acceptors (Lipinski definition) is 4. The van der Waals surface area contributed by atoms with Gasteiger partial charge in [-0.15, -0.1) is 0 Å². The van der Waals surface area contributed by atoms with Crippen LogP contribution in [0.5, 0.6) is 0 Å². The molecule has 4 nitrogen and oxygen atoms in total. The monoisotopic (exact) mass is 357 g/mol. The van der Waals surface area contributed by atoms with E-state index in [9.17, 15) is 9.18 Å². The summed E-state index contributed by atoms with van der Waals surface area (Å²) in [6.45, 7) is 4.30. The molecule has 0 spiro atoms. The summed E-state index contributed by atoms with van der Waals surface area (Å²) in [7, 11) is 1.81. The van der Waals surface area contributed by atoms with E-state index in [0.717, 1.165) is 42.9 Å². The number of fused-ring (bicyclic) bond motifs is 1. The largest absolute Gasteiger partial charge is 0.367 e. The van der Waals surface area contributed by atoms with E-state index in [2.05, 4.69) is 21.9 Å². The normalized spacial score (nSPS) is 15.8. The molecule has 0 amide bonds. The molecule has 0 radical (unpaired) electrons. The number of nitrogens with zero attached hydrogens (tertiary/aromatic N) is 3. The van der Waals surface area contributed by atoms with Gasteiger partial charge in [-0.1, -0.05) is 29.5 Å². The Morgan fingerprint density at radius 3 is 2.60 bits per heavy atom. The van der Waals surface area contributed by atoms with Crippen LogP contribution in [-0.4, -0.2) is 35.6 Å². The summed E-state index contributed by atoms with van der Waals surface area (Å²) < 4.78 is 16.6. The first-order valence-electron chi connectivity index (χ1n) is 8.42. The third-order valence-corrected chi connectivity index (χ3v) is 5.82. The molecule has 0 aliphatic carbocycles. The van der Waals surface area contributed by atoms with Gasteiger partial charge >= 0.3 is 4.87 Å². The molecule has 3 aromatic rings. The first-order chi connectivity index (χ1) is 12.1. The van der Waals surface area contributed by atoms with Crippen LogP contribution in [0.15, 0.2) is 47.3 Å². The van der Waals surface area contributed by atoms with Crippen molar-refractivity contribution in [2.45, 2.75) is 6.54 Å². The zero-order valence-electron chi connectivity index (χ0n) is 14.1. The lowest BCUT2D eigenvalue weighted by Gasteiger charge is -2.36. The molecule has 0 bridgehead atoms. The molecule has 6 heteroatoms. The first kappa shape index (κ1) is 16.3. The van der Waals surface area contributed by atoms with E-state index in [1.54, 1.807) is 10.6 Å². The van der Waals surface area contributed by atoms with E-state index < -0.39 is 0 Å². The number of rotatable bonds is 3. The first-order valence-corrected chi connectivity index (χ1v) is 9.24. The minimum Gasteiger partial charge on any atom is -0.367 e. The van der Waals surface area contributed by atoms with Crippen LogP contribution >= 0.6 is 11.3 Å². The molecule has 0 unspecified atom stereocenters. The highest BCUT2D eigenvalue weighted by Gasteiger charge is 2.19. The number of benzene rings is 2. The van der Waals surface area contributed by atoms with E-state index in [0.29, 0.717) is 5.69 Å². The topological polar surface area (TPSA) is 28.5 Å². The van der Waals surface area contributed by atoms with Crippen molar-refractivity contribution < 1.29 is 4.39 Å². The van der Waals surface area contributed by atoms with Gasteiger partial charge in [0.05, 0.1) is 15.9 Å². The maximum absolute atomic E-state index is 13.9. The molecule has 1 saturated heterocycles. The summed E-state index contributed by atoms with van der Waals surface area (Å²) in [6.07, 6.45) is 0.